The number of para-hydroxylation sites is 2. The predicted molar refractivity (Wildman–Crippen MR) is 304 cm³/mol. The van der Waals surface area contributed by atoms with Crippen LogP contribution in [0.15, 0.2) is 237 Å². The molecule has 0 radical (unpaired) electrons. The molecule has 1 atom stereocenters. The third-order valence-electron chi connectivity index (χ3n) is 16.7. The molecular formula is C70H45NOS. The molecule has 3 aliphatic carbocycles. The fourth-order valence-corrected chi connectivity index (χ4v) is 14.6. The van der Waals surface area contributed by atoms with Gasteiger partial charge >= 0.3 is 0 Å². The van der Waals surface area contributed by atoms with Crippen LogP contribution in [0, 0.1) is 0 Å². The maximum Gasteiger partial charge on any atom is 0.135 e. The van der Waals surface area contributed by atoms with Crippen molar-refractivity contribution in [1.82, 2.24) is 0 Å². The average molecular weight is 948 g/mol. The van der Waals surface area contributed by atoms with E-state index in [4.69, 9.17) is 4.74 Å². The van der Waals surface area contributed by atoms with Gasteiger partial charge in [0.25, 0.3) is 0 Å². The van der Waals surface area contributed by atoms with Crippen LogP contribution in [0.3, 0.4) is 0 Å². The van der Waals surface area contributed by atoms with E-state index in [0.717, 1.165) is 50.8 Å². The lowest BCUT2D eigenvalue weighted by molar-refractivity contribution is 0.488. The van der Waals surface area contributed by atoms with Gasteiger partial charge in [-0.25, -0.2) is 0 Å². The molecule has 1 aliphatic heterocycles. The number of rotatable bonds is 3. The average Bonchev–Trinajstić information content (AvgIpc) is 3.96. The van der Waals surface area contributed by atoms with Crippen molar-refractivity contribution in [3.8, 4) is 78.3 Å². The molecule has 1 aromatic heterocycles. The molecular weight excluding hydrogens is 903 g/mol. The highest BCUT2D eigenvalue weighted by Crippen LogP contribution is 2.63. The second kappa shape index (κ2) is 14.9. The first-order chi connectivity index (χ1) is 35.9. The molecule has 0 bridgehead atoms. The minimum Gasteiger partial charge on any atom is -0.456 e. The second-order valence-electron chi connectivity index (χ2n) is 20.7. The molecule has 0 fully saturated rings. The van der Waals surface area contributed by atoms with Gasteiger partial charge in [0, 0.05) is 53.8 Å². The summed E-state index contributed by atoms with van der Waals surface area (Å²) in [5.41, 5.74) is 25.0. The maximum atomic E-state index is 6.73. The van der Waals surface area contributed by atoms with E-state index in [0.29, 0.717) is 0 Å². The van der Waals surface area contributed by atoms with Crippen molar-refractivity contribution in [2.24, 2.45) is 0 Å². The van der Waals surface area contributed by atoms with Gasteiger partial charge in [-0.2, -0.15) is 0 Å². The van der Waals surface area contributed by atoms with Gasteiger partial charge in [-0.15, -0.1) is 11.3 Å². The topological polar surface area (TPSA) is 12.5 Å². The van der Waals surface area contributed by atoms with Crippen molar-refractivity contribution in [2.75, 3.05) is 4.90 Å². The van der Waals surface area contributed by atoms with Gasteiger partial charge < -0.3 is 9.64 Å². The number of nitrogens with zero attached hydrogens (tertiary/aromatic N) is 1. The van der Waals surface area contributed by atoms with Crippen molar-refractivity contribution in [3.05, 3.63) is 270 Å². The van der Waals surface area contributed by atoms with Gasteiger partial charge in [-0.1, -0.05) is 184 Å². The summed E-state index contributed by atoms with van der Waals surface area (Å²) in [5, 5.41) is 2.63. The highest BCUT2D eigenvalue weighted by Gasteiger charge is 2.50. The number of hydrogen-bond acceptors (Lipinski definition) is 3. The summed E-state index contributed by atoms with van der Waals surface area (Å²) in [6, 6.07) is 89.0. The summed E-state index contributed by atoms with van der Waals surface area (Å²) in [7, 11) is 0. The van der Waals surface area contributed by atoms with Crippen molar-refractivity contribution in [2.45, 2.75) is 24.7 Å². The van der Waals surface area contributed by atoms with E-state index in [1.54, 1.807) is 0 Å². The fourth-order valence-electron chi connectivity index (χ4n) is 13.5. The Morgan fingerprint density at radius 2 is 0.740 bits per heavy atom. The molecule has 0 saturated heterocycles. The zero-order valence-electron chi connectivity index (χ0n) is 40.3. The standard InChI is InChI=1S/C70H45NOS/c1-69(2)59-25-11-5-20-49(59)52-36-33-43(38-62(52)69)71(42-31-34-47-53-22-8-14-28-65(53)72-66-29-15-9-23-54(66)56(47)37-42)44-32-35-51-46-18-4-3-17-45(46)48-19-6-12-26-60(48)70(63(51)39-44)61-27-13-7-21-50(61)57-40-58-55-24-10-16-30-67(55)73-68(58)41-64(57)70/h3-41H,1-2H3. The van der Waals surface area contributed by atoms with Crippen LogP contribution >= 0.6 is 11.3 Å². The van der Waals surface area contributed by atoms with Crippen LogP contribution in [-0.2, 0) is 10.8 Å². The van der Waals surface area contributed by atoms with E-state index < -0.39 is 5.41 Å². The molecule has 3 heteroatoms. The van der Waals surface area contributed by atoms with Crippen LogP contribution in [0.5, 0.6) is 11.5 Å². The number of ether oxygens (including phenoxy) is 1. The second-order valence-corrected chi connectivity index (χ2v) is 21.8. The minimum atomic E-state index is -0.668. The van der Waals surface area contributed by atoms with Crippen LogP contribution in [0.1, 0.15) is 47.2 Å². The molecule has 12 aromatic rings. The molecule has 1 unspecified atom stereocenters. The summed E-state index contributed by atoms with van der Waals surface area (Å²) >= 11 is 1.90. The first kappa shape index (κ1) is 40.9. The van der Waals surface area contributed by atoms with Crippen molar-refractivity contribution in [3.63, 3.8) is 0 Å². The van der Waals surface area contributed by atoms with Gasteiger partial charge in [0.15, 0.2) is 0 Å². The van der Waals surface area contributed by atoms with Crippen LogP contribution < -0.4 is 9.64 Å². The zero-order chi connectivity index (χ0) is 48.2. The maximum absolute atomic E-state index is 6.73. The molecule has 11 aromatic carbocycles. The molecule has 1 spiro atoms. The van der Waals surface area contributed by atoms with E-state index in [1.807, 2.05) is 11.3 Å². The summed E-state index contributed by atoms with van der Waals surface area (Å²) in [5.74, 6) is 1.71. The Morgan fingerprint density at radius 3 is 1.41 bits per heavy atom. The number of benzene rings is 11. The van der Waals surface area contributed by atoms with Gasteiger partial charge in [0.2, 0.25) is 0 Å². The first-order valence-corrected chi connectivity index (χ1v) is 26.2. The fraction of sp³-hybridized carbons (Fsp3) is 0.0571. The highest BCUT2D eigenvalue weighted by molar-refractivity contribution is 7.25. The van der Waals surface area contributed by atoms with Crippen LogP contribution in [0.4, 0.5) is 17.1 Å². The van der Waals surface area contributed by atoms with Crippen molar-refractivity contribution >= 4 is 48.6 Å². The monoisotopic (exact) mass is 947 g/mol. The van der Waals surface area contributed by atoms with Crippen LogP contribution in [-0.4, -0.2) is 0 Å². The van der Waals surface area contributed by atoms with E-state index in [1.165, 1.54) is 98.1 Å². The third-order valence-corrected chi connectivity index (χ3v) is 17.8. The van der Waals surface area contributed by atoms with E-state index in [-0.39, 0.29) is 5.41 Å². The molecule has 4 aliphatic rings. The lowest BCUT2D eigenvalue weighted by Crippen LogP contribution is -2.29. The van der Waals surface area contributed by atoms with E-state index >= 15 is 0 Å². The van der Waals surface area contributed by atoms with Crippen LogP contribution in [0.2, 0.25) is 0 Å². The molecule has 16 rings (SSSR count). The van der Waals surface area contributed by atoms with Crippen molar-refractivity contribution < 1.29 is 4.74 Å². The largest absolute Gasteiger partial charge is 0.456 e. The predicted octanol–water partition coefficient (Wildman–Crippen LogP) is 19.3. The summed E-state index contributed by atoms with van der Waals surface area (Å²) in [6.07, 6.45) is 0. The SMILES string of the molecule is CC1(C)c2ccccc2-c2ccc(N(c3ccc4c(c3)-c3ccccc3Oc3ccccc3-4)c3ccc4c(c3)C3(c5ccccc5-c5ccccc5-4)c4ccccc4-c4cc5c(cc43)sc3ccccc35)cc21. The molecule has 342 valence electrons. The Kier molecular flexibility index (Phi) is 8.35. The molecule has 2 nitrogen and oxygen atoms in total. The quantitative estimate of drug-likeness (QED) is 0.175. The Hall–Kier alpha value is -8.76. The van der Waals surface area contributed by atoms with Gasteiger partial charge in [0.1, 0.15) is 11.5 Å². The lowest BCUT2D eigenvalue weighted by atomic mass is 9.65. The molecule has 0 amide bonds. The molecule has 2 heterocycles. The van der Waals surface area contributed by atoms with Gasteiger partial charge in [0.05, 0.1) is 5.41 Å². The Labute approximate surface area is 428 Å². The minimum absolute atomic E-state index is 0.193. The summed E-state index contributed by atoms with van der Waals surface area (Å²) < 4.78 is 9.35. The summed E-state index contributed by atoms with van der Waals surface area (Å²) in [6.45, 7) is 4.76. The van der Waals surface area contributed by atoms with Crippen LogP contribution in [0.25, 0.3) is 86.9 Å². The van der Waals surface area contributed by atoms with E-state index in [9.17, 15) is 0 Å². The number of hydrogen-bond donors (Lipinski definition) is 0. The normalized spacial score (nSPS) is 15.5. The van der Waals surface area contributed by atoms with Crippen molar-refractivity contribution in [1.29, 1.82) is 0 Å². The molecule has 0 saturated carbocycles. The first-order valence-electron chi connectivity index (χ1n) is 25.4. The number of anilines is 3. The molecule has 0 N–H and O–H groups in total. The Balaban J connectivity index is 1.01. The smallest absolute Gasteiger partial charge is 0.135 e. The highest BCUT2D eigenvalue weighted by atomic mass is 32.1. The van der Waals surface area contributed by atoms with Gasteiger partial charge in [-0.3, -0.25) is 0 Å². The third kappa shape index (κ3) is 5.52. The Morgan fingerprint density at radius 1 is 0.301 bits per heavy atom. The number of fused-ring (bicyclic) bond motifs is 23. The zero-order valence-corrected chi connectivity index (χ0v) is 41.1. The number of thiophene rings is 1. The Bertz CT molecular complexity index is 4360. The van der Waals surface area contributed by atoms with Gasteiger partial charge in [-0.05, 0) is 156 Å². The van der Waals surface area contributed by atoms with E-state index in [2.05, 4.69) is 255 Å². The molecule has 73 heavy (non-hydrogen) atoms. The summed E-state index contributed by atoms with van der Waals surface area (Å²) in [4.78, 5) is 2.52. The lowest BCUT2D eigenvalue weighted by Gasteiger charge is -2.36.